The van der Waals surface area contributed by atoms with Crippen LogP contribution in [-0.2, 0) is 4.79 Å². The van der Waals surface area contributed by atoms with Gasteiger partial charge in [-0.2, -0.15) is 0 Å². The van der Waals surface area contributed by atoms with Crippen molar-refractivity contribution < 1.29 is 9.90 Å². The maximum atomic E-state index is 10.7. The van der Waals surface area contributed by atoms with Crippen LogP contribution in [0.3, 0.4) is 0 Å². The van der Waals surface area contributed by atoms with Crippen LogP contribution in [0.2, 0.25) is 0 Å². The normalized spacial score (nSPS) is 11.9. The van der Waals surface area contributed by atoms with E-state index in [1.807, 2.05) is 30.5 Å². The number of fused-ring (bicyclic) bond motifs is 1. The van der Waals surface area contributed by atoms with Gasteiger partial charge in [0, 0.05) is 11.8 Å². The van der Waals surface area contributed by atoms with E-state index in [0.29, 0.717) is 5.57 Å². The van der Waals surface area contributed by atoms with Crippen molar-refractivity contribution in [2.75, 3.05) is 0 Å². The second-order valence-corrected chi connectivity index (χ2v) is 3.42. The summed E-state index contributed by atoms with van der Waals surface area (Å²) >= 11 is 0. The molecule has 0 aliphatic carbocycles. The van der Waals surface area contributed by atoms with Crippen molar-refractivity contribution >= 4 is 22.9 Å². The topological polar surface area (TPSA) is 53.1 Å². The largest absolute Gasteiger partial charge is 0.478 e. The molecule has 0 fully saturated rings. The van der Waals surface area contributed by atoms with Crippen molar-refractivity contribution in [3.63, 3.8) is 0 Å². The third-order valence-corrected chi connectivity index (χ3v) is 2.33. The van der Waals surface area contributed by atoms with Crippen molar-refractivity contribution in [2.45, 2.75) is 6.92 Å². The van der Waals surface area contributed by atoms with Crippen LogP contribution in [-0.4, -0.2) is 16.1 Å². The Hall–Kier alpha value is -2.03. The first-order valence-electron chi connectivity index (χ1n) is 4.66. The summed E-state index contributed by atoms with van der Waals surface area (Å²) in [6.07, 6.45) is 3.51. The highest BCUT2D eigenvalue weighted by molar-refractivity contribution is 5.95. The third-order valence-electron chi connectivity index (χ3n) is 2.33. The van der Waals surface area contributed by atoms with Gasteiger partial charge in [-0.1, -0.05) is 18.2 Å². The third kappa shape index (κ3) is 1.76. The number of aliphatic carboxylic acids is 1. The van der Waals surface area contributed by atoms with Crippen LogP contribution in [0.4, 0.5) is 0 Å². The molecule has 0 aliphatic rings. The molecule has 0 bridgehead atoms. The minimum absolute atomic E-state index is 0.331. The SMILES string of the molecule is C/C(=C\c1cccc2cc[nH]c12)C(=O)O. The lowest BCUT2D eigenvalue weighted by Gasteiger charge is -1.98. The van der Waals surface area contributed by atoms with Gasteiger partial charge >= 0.3 is 5.97 Å². The first-order chi connectivity index (χ1) is 7.18. The van der Waals surface area contributed by atoms with Gasteiger partial charge < -0.3 is 10.1 Å². The average Bonchev–Trinajstić information content (AvgIpc) is 2.66. The molecular weight excluding hydrogens is 190 g/mol. The number of carboxylic acids is 1. The quantitative estimate of drug-likeness (QED) is 0.734. The number of aromatic amines is 1. The van der Waals surface area contributed by atoms with Gasteiger partial charge in [-0.05, 0) is 30.0 Å². The van der Waals surface area contributed by atoms with Crippen LogP contribution in [0.25, 0.3) is 17.0 Å². The number of nitrogens with one attached hydrogen (secondary N) is 1. The van der Waals surface area contributed by atoms with Gasteiger partial charge in [0.1, 0.15) is 0 Å². The summed E-state index contributed by atoms with van der Waals surface area (Å²) in [7, 11) is 0. The minimum atomic E-state index is -0.890. The minimum Gasteiger partial charge on any atom is -0.478 e. The summed E-state index contributed by atoms with van der Waals surface area (Å²) in [4.78, 5) is 13.8. The lowest BCUT2D eigenvalue weighted by atomic mass is 10.1. The molecule has 15 heavy (non-hydrogen) atoms. The number of rotatable bonds is 2. The summed E-state index contributed by atoms with van der Waals surface area (Å²) < 4.78 is 0. The van der Waals surface area contributed by atoms with Crippen LogP contribution in [0.1, 0.15) is 12.5 Å². The smallest absolute Gasteiger partial charge is 0.331 e. The summed E-state index contributed by atoms with van der Waals surface area (Å²) in [5, 5.41) is 9.87. The van der Waals surface area contributed by atoms with Gasteiger partial charge in [0.25, 0.3) is 0 Å². The molecule has 0 radical (unpaired) electrons. The first kappa shape index (κ1) is 9.52. The Labute approximate surface area is 87.0 Å². The van der Waals surface area contributed by atoms with Gasteiger partial charge in [-0.25, -0.2) is 4.79 Å². The molecule has 0 aliphatic heterocycles. The van der Waals surface area contributed by atoms with E-state index in [-0.39, 0.29) is 0 Å². The van der Waals surface area contributed by atoms with Gasteiger partial charge in [0.2, 0.25) is 0 Å². The number of para-hydroxylation sites is 1. The molecule has 0 spiro atoms. The van der Waals surface area contributed by atoms with Crippen LogP contribution in [0.15, 0.2) is 36.0 Å². The van der Waals surface area contributed by atoms with E-state index in [0.717, 1.165) is 16.5 Å². The zero-order valence-electron chi connectivity index (χ0n) is 8.32. The number of benzene rings is 1. The van der Waals surface area contributed by atoms with Crippen molar-refractivity contribution in [2.24, 2.45) is 0 Å². The Kier molecular flexibility index (Phi) is 2.29. The van der Waals surface area contributed by atoms with Crippen molar-refractivity contribution in [3.05, 3.63) is 41.6 Å². The summed E-state index contributed by atoms with van der Waals surface area (Å²) in [6.45, 7) is 1.59. The standard InChI is InChI=1S/C12H11NO2/c1-8(12(14)15)7-10-4-2-3-9-5-6-13-11(9)10/h2-7,13H,1H3,(H,14,15)/b8-7+. The predicted molar refractivity (Wildman–Crippen MR) is 59.6 cm³/mol. The monoisotopic (exact) mass is 201 g/mol. The molecule has 0 unspecified atom stereocenters. The molecule has 2 aromatic rings. The molecule has 3 nitrogen and oxygen atoms in total. The number of aromatic nitrogens is 1. The highest BCUT2D eigenvalue weighted by atomic mass is 16.4. The number of hydrogen-bond acceptors (Lipinski definition) is 1. The van der Waals surface area contributed by atoms with E-state index in [4.69, 9.17) is 5.11 Å². The molecule has 3 heteroatoms. The maximum Gasteiger partial charge on any atom is 0.331 e. The number of hydrogen-bond donors (Lipinski definition) is 2. The molecule has 2 N–H and O–H groups in total. The van der Waals surface area contributed by atoms with Crippen LogP contribution in [0, 0.1) is 0 Å². The van der Waals surface area contributed by atoms with Crippen LogP contribution in [0.5, 0.6) is 0 Å². The average molecular weight is 201 g/mol. The Balaban J connectivity index is 2.57. The van der Waals surface area contributed by atoms with Crippen molar-refractivity contribution in [3.8, 4) is 0 Å². The molecule has 0 saturated carbocycles. The molecule has 0 amide bonds. The number of H-pyrrole nitrogens is 1. The van der Waals surface area contributed by atoms with Crippen molar-refractivity contribution in [1.82, 2.24) is 4.98 Å². The van der Waals surface area contributed by atoms with Gasteiger partial charge in [0.05, 0.1) is 5.52 Å². The number of carbonyl (C=O) groups is 1. The highest BCUT2D eigenvalue weighted by Gasteiger charge is 2.03. The van der Waals surface area contributed by atoms with Gasteiger partial charge in [-0.15, -0.1) is 0 Å². The second-order valence-electron chi connectivity index (χ2n) is 3.42. The molecule has 1 aromatic heterocycles. The fourth-order valence-corrected chi connectivity index (χ4v) is 1.52. The highest BCUT2D eigenvalue weighted by Crippen LogP contribution is 2.19. The first-order valence-corrected chi connectivity index (χ1v) is 4.66. The van der Waals surface area contributed by atoms with Gasteiger partial charge in [-0.3, -0.25) is 0 Å². The Bertz CT molecular complexity index is 537. The van der Waals surface area contributed by atoms with Gasteiger partial charge in [0.15, 0.2) is 0 Å². The predicted octanol–water partition coefficient (Wildman–Crippen LogP) is 2.66. The molecular formula is C12H11NO2. The zero-order valence-corrected chi connectivity index (χ0v) is 8.32. The van der Waals surface area contributed by atoms with Crippen LogP contribution < -0.4 is 0 Å². The summed E-state index contributed by atoms with van der Waals surface area (Å²) in [5.74, 6) is -0.890. The van der Waals surface area contributed by atoms with E-state index in [1.54, 1.807) is 13.0 Å². The molecule has 0 atom stereocenters. The van der Waals surface area contributed by atoms with E-state index >= 15 is 0 Å². The van der Waals surface area contributed by atoms with Crippen molar-refractivity contribution in [1.29, 1.82) is 0 Å². The van der Waals surface area contributed by atoms with Crippen LogP contribution >= 0.6 is 0 Å². The van der Waals surface area contributed by atoms with E-state index < -0.39 is 5.97 Å². The molecule has 76 valence electrons. The molecule has 2 rings (SSSR count). The zero-order chi connectivity index (χ0) is 10.8. The Morgan fingerprint density at radius 1 is 1.40 bits per heavy atom. The van der Waals surface area contributed by atoms with E-state index in [1.165, 1.54) is 0 Å². The molecule has 1 heterocycles. The lowest BCUT2D eigenvalue weighted by molar-refractivity contribution is -0.132. The number of carboxylic acid groups (broad SMARTS) is 1. The molecule has 0 saturated heterocycles. The summed E-state index contributed by atoms with van der Waals surface area (Å²) in [6, 6.07) is 7.75. The Morgan fingerprint density at radius 2 is 2.20 bits per heavy atom. The molecule has 1 aromatic carbocycles. The fourth-order valence-electron chi connectivity index (χ4n) is 1.52. The lowest BCUT2D eigenvalue weighted by Crippen LogP contribution is -1.95. The van der Waals surface area contributed by atoms with E-state index in [9.17, 15) is 4.79 Å². The fraction of sp³-hybridized carbons (Fsp3) is 0.0833. The summed E-state index contributed by atoms with van der Waals surface area (Å²) in [5.41, 5.74) is 2.20. The maximum absolute atomic E-state index is 10.7. The second kappa shape index (κ2) is 3.61. The Morgan fingerprint density at radius 3 is 2.93 bits per heavy atom. The van der Waals surface area contributed by atoms with E-state index in [2.05, 4.69) is 4.98 Å².